The quantitative estimate of drug-likeness (QED) is 0.719. The van der Waals surface area contributed by atoms with Gasteiger partial charge in [0.25, 0.3) is 0 Å². The van der Waals surface area contributed by atoms with Crippen molar-refractivity contribution in [2.24, 2.45) is 0 Å². The fourth-order valence-corrected chi connectivity index (χ4v) is 2.34. The van der Waals surface area contributed by atoms with Crippen LogP contribution in [0.3, 0.4) is 0 Å². The van der Waals surface area contributed by atoms with Crippen LogP contribution < -0.4 is 19.7 Å². The molecule has 5 heteroatoms. The molecule has 0 spiro atoms. The van der Waals surface area contributed by atoms with Crippen molar-refractivity contribution in [3.63, 3.8) is 0 Å². The van der Waals surface area contributed by atoms with Crippen molar-refractivity contribution < 1.29 is 14.3 Å². The highest BCUT2D eigenvalue weighted by Crippen LogP contribution is 2.25. The molecule has 0 unspecified atom stereocenters. The molecule has 0 saturated heterocycles. The highest BCUT2D eigenvalue weighted by atomic mass is 16.5. The normalized spacial score (nSPS) is 10.1. The summed E-state index contributed by atoms with van der Waals surface area (Å²) in [5.74, 6) is 1.34. The first-order chi connectivity index (χ1) is 11.7. The number of hydrogen-bond acceptors (Lipinski definition) is 4. The maximum absolute atomic E-state index is 12.1. The Morgan fingerprint density at radius 1 is 1.04 bits per heavy atom. The van der Waals surface area contributed by atoms with Gasteiger partial charge in [-0.3, -0.25) is 4.79 Å². The smallest absolute Gasteiger partial charge is 0.239 e. The van der Waals surface area contributed by atoms with Gasteiger partial charge in [-0.25, -0.2) is 0 Å². The van der Waals surface area contributed by atoms with Crippen molar-refractivity contribution >= 4 is 11.6 Å². The van der Waals surface area contributed by atoms with Gasteiger partial charge in [0.15, 0.2) is 11.5 Å². The molecule has 2 rings (SSSR count). The molecule has 0 aromatic heterocycles. The second kappa shape index (κ2) is 9.45. The first kappa shape index (κ1) is 17.7. The molecule has 0 bridgehead atoms. The van der Waals surface area contributed by atoms with Gasteiger partial charge in [0.05, 0.1) is 20.2 Å². The van der Waals surface area contributed by atoms with E-state index in [9.17, 15) is 4.79 Å². The van der Waals surface area contributed by atoms with Crippen molar-refractivity contribution in [2.45, 2.75) is 6.92 Å². The maximum Gasteiger partial charge on any atom is 0.239 e. The number of para-hydroxylation sites is 3. The lowest BCUT2D eigenvalue weighted by Crippen LogP contribution is -2.38. The predicted octanol–water partition coefficient (Wildman–Crippen LogP) is 2.72. The molecule has 1 N–H and O–H groups in total. The van der Waals surface area contributed by atoms with Crippen LogP contribution >= 0.6 is 0 Å². The van der Waals surface area contributed by atoms with E-state index in [2.05, 4.69) is 5.32 Å². The van der Waals surface area contributed by atoms with Crippen LogP contribution in [0.2, 0.25) is 0 Å². The number of rotatable bonds is 9. The van der Waals surface area contributed by atoms with Gasteiger partial charge in [-0.2, -0.15) is 0 Å². The Balaban J connectivity index is 1.75. The number of likely N-dealkylation sites (N-methyl/N-ethyl adjacent to an activating group) is 1. The molecule has 0 saturated carbocycles. The third-order valence-corrected chi connectivity index (χ3v) is 3.59. The van der Waals surface area contributed by atoms with Crippen molar-refractivity contribution in [2.75, 3.05) is 38.3 Å². The Morgan fingerprint density at radius 2 is 1.71 bits per heavy atom. The first-order valence-corrected chi connectivity index (χ1v) is 8.07. The molecule has 0 aliphatic heterocycles. The van der Waals surface area contributed by atoms with E-state index < -0.39 is 0 Å². The molecule has 2 aromatic carbocycles. The molecular weight excluding hydrogens is 304 g/mol. The third kappa shape index (κ3) is 5.19. The van der Waals surface area contributed by atoms with E-state index in [1.165, 1.54) is 0 Å². The monoisotopic (exact) mass is 328 g/mol. The zero-order valence-corrected chi connectivity index (χ0v) is 14.2. The predicted molar refractivity (Wildman–Crippen MR) is 95.8 cm³/mol. The molecule has 128 valence electrons. The van der Waals surface area contributed by atoms with Crippen molar-refractivity contribution in [1.29, 1.82) is 0 Å². The lowest BCUT2D eigenvalue weighted by molar-refractivity contribution is -0.119. The minimum absolute atomic E-state index is 0.0238. The minimum Gasteiger partial charge on any atom is -0.493 e. The van der Waals surface area contributed by atoms with E-state index in [0.717, 1.165) is 12.2 Å². The summed E-state index contributed by atoms with van der Waals surface area (Å²) in [6.07, 6.45) is 0. The number of nitrogens with zero attached hydrogens (tertiary/aromatic N) is 1. The molecule has 2 aromatic rings. The number of amides is 1. The average molecular weight is 328 g/mol. The number of ether oxygens (including phenoxy) is 2. The summed E-state index contributed by atoms with van der Waals surface area (Å²) in [6.45, 7) is 3.97. The Hall–Kier alpha value is -2.69. The average Bonchev–Trinajstić information content (AvgIpc) is 2.64. The largest absolute Gasteiger partial charge is 0.493 e. The van der Waals surface area contributed by atoms with E-state index in [0.29, 0.717) is 31.2 Å². The van der Waals surface area contributed by atoms with Crippen LogP contribution in [0.15, 0.2) is 54.6 Å². The summed E-state index contributed by atoms with van der Waals surface area (Å²) >= 11 is 0. The summed E-state index contributed by atoms with van der Waals surface area (Å²) in [5.41, 5.74) is 1.04. The molecule has 0 radical (unpaired) electrons. The molecule has 0 fully saturated rings. The Labute approximate surface area is 143 Å². The summed E-state index contributed by atoms with van der Waals surface area (Å²) < 4.78 is 10.9. The van der Waals surface area contributed by atoms with E-state index in [1.54, 1.807) is 7.11 Å². The van der Waals surface area contributed by atoms with Gasteiger partial charge in [-0.05, 0) is 31.2 Å². The Kier molecular flexibility index (Phi) is 6.95. The molecule has 24 heavy (non-hydrogen) atoms. The molecule has 5 nitrogen and oxygen atoms in total. The first-order valence-electron chi connectivity index (χ1n) is 8.07. The van der Waals surface area contributed by atoms with E-state index in [4.69, 9.17) is 9.47 Å². The van der Waals surface area contributed by atoms with Gasteiger partial charge < -0.3 is 19.7 Å². The Morgan fingerprint density at radius 3 is 2.38 bits per heavy atom. The summed E-state index contributed by atoms with van der Waals surface area (Å²) in [7, 11) is 1.60. The lowest BCUT2D eigenvalue weighted by Gasteiger charge is -2.22. The molecular formula is C19H24N2O3. The number of methoxy groups -OCH3 is 1. The standard InChI is InChI=1S/C19H24N2O3/c1-3-21(16-9-5-4-6-10-16)15-19(22)20-13-14-24-18-12-8-7-11-17(18)23-2/h4-12H,3,13-15H2,1-2H3,(H,20,22). The number of nitrogens with one attached hydrogen (secondary N) is 1. The van der Waals surface area contributed by atoms with Gasteiger partial charge in [-0.15, -0.1) is 0 Å². The SMILES string of the molecule is CCN(CC(=O)NCCOc1ccccc1OC)c1ccccc1. The minimum atomic E-state index is -0.0238. The number of carbonyl (C=O) groups excluding carboxylic acids is 1. The molecule has 0 heterocycles. The summed E-state index contributed by atoms with van der Waals surface area (Å²) in [4.78, 5) is 14.1. The summed E-state index contributed by atoms with van der Waals surface area (Å²) in [6, 6.07) is 17.4. The van der Waals surface area contributed by atoms with Crippen molar-refractivity contribution in [3.05, 3.63) is 54.6 Å². The zero-order chi connectivity index (χ0) is 17.2. The number of hydrogen-bond donors (Lipinski definition) is 1. The Bertz CT molecular complexity index is 632. The van der Waals surface area contributed by atoms with Crippen LogP contribution in [0.25, 0.3) is 0 Å². The molecule has 0 aliphatic rings. The number of benzene rings is 2. The molecule has 1 amide bonds. The van der Waals surface area contributed by atoms with Crippen LogP contribution in [-0.2, 0) is 4.79 Å². The maximum atomic E-state index is 12.1. The third-order valence-electron chi connectivity index (χ3n) is 3.59. The van der Waals surface area contributed by atoms with Crippen LogP contribution in [0.5, 0.6) is 11.5 Å². The van der Waals surface area contributed by atoms with Gasteiger partial charge in [0.1, 0.15) is 6.61 Å². The fraction of sp³-hybridized carbons (Fsp3) is 0.316. The zero-order valence-electron chi connectivity index (χ0n) is 14.2. The summed E-state index contributed by atoms with van der Waals surface area (Å²) in [5, 5.41) is 2.88. The second-order valence-corrected chi connectivity index (χ2v) is 5.20. The lowest BCUT2D eigenvalue weighted by atomic mass is 10.3. The van der Waals surface area contributed by atoms with E-state index in [1.807, 2.05) is 66.4 Å². The highest BCUT2D eigenvalue weighted by Gasteiger charge is 2.09. The number of carbonyl (C=O) groups is 1. The van der Waals surface area contributed by atoms with Crippen LogP contribution in [0.4, 0.5) is 5.69 Å². The van der Waals surface area contributed by atoms with Crippen LogP contribution in [0, 0.1) is 0 Å². The van der Waals surface area contributed by atoms with Crippen LogP contribution in [-0.4, -0.2) is 39.3 Å². The molecule has 0 aliphatic carbocycles. The van der Waals surface area contributed by atoms with E-state index in [-0.39, 0.29) is 5.91 Å². The van der Waals surface area contributed by atoms with Crippen molar-refractivity contribution in [1.82, 2.24) is 5.32 Å². The second-order valence-electron chi connectivity index (χ2n) is 5.20. The topological polar surface area (TPSA) is 50.8 Å². The fourth-order valence-electron chi connectivity index (χ4n) is 2.34. The van der Waals surface area contributed by atoms with Crippen molar-refractivity contribution in [3.8, 4) is 11.5 Å². The van der Waals surface area contributed by atoms with Gasteiger partial charge >= 0.3 is 0 Å². The van der Waals surface area contributed by atoms with Crippen LogP contribution in [0.1, 0.15) is 6.92 Å². The van der Waals surface area contributed by atoms with Gasteiger partial charge in [-0.1, -0.05) is 30.3 Å². The van der Waals surface area contributed by atoms with E-state index >= 15 is 0 Å². The van der Waals surface area contributed by atoms with Gasteiger partial charge in [0.2, 0.25) is 5.91 Å². The van der Waals surface area contributed by atoms with Gasteiger partial charge in [0, 0.05) is 12.2 Å². The highest BCUT2D eigenvalue weighted by molar-refractivity contribution is 5.81. The molecule has 0 atom stereocenters. The number of anilines is 1.